The summed E-state index contributed by atoms with van der Waals surface area (Å²) in [6.07, 6.45) is 1.55. The van der Waals surface area contributed by atoms with Crippen LogP contribution in [0.5, 0.6) is 11.5 Å². The van der Waals surface area contributed by atoms with Crippen LogP contribution in [-0.4, -0.2) is 32.1 Å². The van der Waals surface area contributed by atoms with Gasteiger partial charge in [0.2, 0.25) is 0 Å². The van der Waals surface area contributed by atoms with Crippen molar-refractivity contribution in [2.45, 2.75) is 6.54 Å². The SMILES string of the molecule is COc1ccc(OCCNC(=O)c2cccc(C(=O)NCc3ccco3)c2)cc1. The lowest BCUT2D eigenvalue weighted by atomic mass is 10.1. The fraction of sp³-hybridized carbons (Fsp3) is 0.182. The van der Waals surface area contributed by atoms with Crippen molar-refractivity contribution in [3.63, 3.8) is 0 Å². The van der Waals surface area contributed by atoms with Crippen LogP contribution in [0.2, 0.25) is 0 Å². The molecule has 150 valence electrons. The maximum absolute atomic E-state index is 12.3. The predicted octanol–water partition coefficient (Wildman–Crippen LogP) is 3.03. The Morgan fingerprint density at radius 1 is 0.897 bits per heavy atom. The van der Waals surface area contributed by atoms with Gasteiger partial charge in [0, 0.05) is 11.1 Å². The van der Waals surface area contributed by atoms with E-state index in [1.54, 1.807) is 74.0 Å². The molecule has 0 aliphatic heterocycles. The molecule has 1 heterocycles. The summed E-state index contributed by atoms with van der Waals surface area (Å²) in [4.78, 5) is 24.6. The number of benzene rings is 2. The molecule has 0 atom stereocenters. The largest absolute Gasteiger partial charge is 0.497 e. The Morgan fingerprint density at radius 2 is 1.59 bits per heavy atom. The molecule has 2 amide bonds. The molecule has 7 nitrogen and oxygen atoms in total. The maximum Gasteiger partial charge on any atom is 0.251 e. The molecule has 3 rings (SSSR count). The highest BCUT2D eigenvalue weighted by Gasteiger charge is 2.11. The van der Waals surface area contributed by atoms with Crippen molar-refractivity contribution in [1.29, 1.82) is 0 Å². The average Bonchev–Trinajstić information content (AvgIpc) is 3.29. The number of hydrogen-bond donors (Lipinski definition) is 2. The molecule has 7 heteroatoms. The summed E-state index contributed by atoms with van der Waals surface area (Å²) in [5.41, 5.74) is 0.804. The Labute approximate surface area is 168 Å². The topological polar surface area (TPSA) is 89.8 Å². The van der Waals surface area contributed by atoms with Gasteiger partial charge in [-0.1, -0.05) is 6.07 Å². The molecular weight excluding hydrogens is 372 g/mol. The van der Waals surface area contributed by atoms with Crippen molar-refractivity contribution in [2.24, 2.45) is 0 Å². The van der Waals surface area contributed by atoms with Gasteiger partial charge in [-0.25, -0.2) is 0 Å². The van der Waals surface area contributed by atoms with E-state index in [0.717, 1.165) is 5.75 Å². The number of methoxy groups -OCH3 is 1. The van der Waals surface area contributed by atoms with Gasteiger partial charge in [-0.05, 0) is 54.6 Å². The third-order valence-corrected chi connectivity index (χ3v) is 4.11. The van der Waals surface area contributed by atoms with E-state index in [2.05, 4.69) is 10.6 Å². The van der Waals surface area contributed by atoms with Gasteiger partial charge < -0.3 is 24.5 Å². The molecule has 0 fully saturated rings. The van der Waals surface area contributed by atoms with E-state index in [1.165, 1.54) is 0 Å². The summed E-state index contributed by atoms with van der Waals surface area (Å²) in [7, 11) is 1.60. The first kappa shape index (κ1) is 20.0. The highest BCUT2D eigenvalue weighted by atomic mass is 16.5. The number of carbonyl (C=O) groups is 2. The number of hydrogen-bond acceptors (Lipinski definition) is 5. The molecule has 0 saturated heterocycles. The third kappa shape index (κ3) is 5.87. The fourth-order valence-electron chi connectivity index (χ4n) is 2.59. The molecule has 0 aliphatic rings. The number of rotatable bonds is 9. The third-order valence-electron chi connectivity index (χ3n) is 4.11. The second-order valence-corrected chi connectivity index (χ2v) is 6.12. The van der Waals surface area contributed by atoms with Crippen molar-refractivity contribution in [2.75, 3.05) is 20.3 Å². The van der Waals surface area contributed by atoms with Crippen molar-refractivity contribution in [3.05, 3.63) is 83.8 Å². The lowest BCUT2D eigenvalue weighted by Crippen LogP contribution is -2.28. The Hall–Kier alpha value is -3.74. The second-order valence-electron chi connectivity index (χ2n) is 6.12. The number of ether oxygens (including phenoxy) is 2. The van der Waals surface area contributed by atoms with E-state index in [1.807, 2.05) is 0 Å². The van der Waals surface area contributed by atoms with E-state index >= 15 is 0 Å². The molecule has 0 radical (unpaired) electrons. The van der Waals surface area contributed by atoms with E-state index in [-0.39, 0.29) is 18.4 Å². The minimum absolute atomic E-state index is 0.274. The van der Waals surface area contributed by atoms with Crippen LogP contribution in [-0.2, 0) is 6.54 Å². The van der Waals surface area contributed by atoms with Gasteiger partial charge in [0.25, 0.3) is 11.8 Å². The first-order valence-electron chi connectivity index (χ1n) is 9.11. The Kier molecular flexibility index (Phi) is 6.89. The quantitative estimate of drug-likeness (QED) is 0.545. The van der Waals surface area contributed by atoms with E-state index < -0.39 is 0 Å². The van der Waals surface area contributed by atoms with Crippen LogP contribution >= 0.6 is 0 Å². The van der Waals surface area contributed by atoms with Gasteiger partial charge in [0.1, 0.15) is 23.9 Å². The van der Waals surface area contributed by atoms with Crippen LogP contribution in [0.3, 0.4) is 0 Å². The van der Waals surface area contributed by atoms with Crippen LogP contribution in [0, 0.1) is 0 Å². The van der Waals surface area contributed by atoms with Gasteiger partial charge in [0.05, 0.1) is 26.5 Å². The summed E-state index contributed by atoms with van der Waals surface area (Å²) in [6, 6.07) is 17.3. The Bertz CT molecular complexity index is 936. The minimum atomic E-state index is -0.279. The standard InChI is InChI=1S/C22H22N2O5/c1-27-18-7-9-19(10-8-18)29-13-11-23-21(25)16-4-2-5-17(14-16)22(26)24-15-20-6-3-12-28-20/h2-10,12,14H,11,13,15H2,1H3,(H,23,25)(H,24,26). The highest BCUT2D eigenvalue weighted by Crippen LogP contribution is 2.16. The van der Waals surface area contributed by atoms with E-state index in [0.29, 0.717) is 35.8 Å². The Morgan fingerprint density at radius 3 is 2.24 bits per heavy atom. The van der Waals surface area contributed by atoms with E-state index in [9.17, 15) is 9.59 Å². The summed E-state index contributed by atoms with van der Waals surface area (Å²) >= 11 is 0. The molecule has 0 spiro atoms. The highest BCUT2D eigenvalue weighted by molar-refractivity contribution is 5.99. The molecule has 2 aromatic carbocycles. The number of furan rings is 1. The summed E-state index contributed by atoms with van der Waals surface area (Å²) < 4.78 is 15.9. The molecule has 3 aromatic rings. The maximum atomic E-state index is 12.3. The van der Waals surface area contributed by atoms with Crippen LogP contribution in [0.15, 0.2) is 71.3 Å². The monoisotopic (exact) mass is 394 g/mol. The van der Waals surface area contributed by atoms with Crippen molar-refractivity contribution in [3.8, 4) is 11.5 Å². The molecule has 29 heavy (non-hydrogen) atoms. The van der Waals surface area contributed by atoms with Gasteiger partial charge in [-0.3, -0.25) is 9.59 Å². The normalized spacial score (nSPS) is 10.2. The lowest BCUT2D eigenvalue weighted by Gasteiger charge is -2.09. The zero-order valence-corrected chi connectivity index (χ0v) is 16.0. The molecule has 1 aromatic heterocycles. The number of amides is 2. The summed E-state index contributed by atoms with van der Waals surface area (Å²) in [5, 5.41) is 5.53. The van der Waals surface area contributed by atoms with Crippen LogP contribution in [0.4, 0.5) is 0 Å². The molecule has 0 unspecified atom stereocenters. The first-order valence-corrected chi connectivity index (χ1v) is 9.11. The van der Waals surface area contributed by atoms with Crippen molar-refractivity contribution in [1.82, 2.24) is 10.6 Å². The number of nitrogens with one attached hydrogen (secondary N) is 2. The zero-order chi connectivity index (χ0) is 20.5. The van der Waals surface area contributed by atoms with Gasteiger partial charge in [0.15, 0.2) is 0 Å². The minimum Gasteiger partial charge on any atom is -0.497 e. The second kappa shape index (κ2) is 9.98. The van der Waals surface area contributed by atoms with Crippen molar-refractivity contribution < 1.29 is 23.5 Å². The average molecular weight is 394 g/mol. The van der Waals surface area contributed by atoms with Crippen LogP contribution in [0.1, 0.15) is 26.5 Å². The number of carbonyl (C=O) groups excluding carboxylic acids is 2. The molecule has 2 N–H and O–H groups in total. The predicted molar refractivity (Wildman–Crippen MR) is 107 cm³/mol. The van der Waals surface area contributed by atoms with E-state index in [4.69, 9.17) is 13.9 Å². The van der Waals surface area contributed by atoms with Gasteiger partial charge in [-0.15, -0.1) is 0 Å². The lowest BCUT2D eigenvalue weighted by molar-refractivity contribution is 0.0947. The first-order chi connectivity index (χ1) is 14.2. The van der Waals surface area contributed by atoms with Gasteiger partial charge in [-0.2, -0.15) is 0 Å². The van der Waals surface area contributed by atoms with Crippen LogP contribution < -0.4 is 20.1 Å². The van der Waals surface area contributed by atoms with Crippen molar-refractivity contribution >= 4 is 11.8 Å². The zero-order valence-electron chi connectivity index (χ0n) is 16.0. The Balaban J connectivity index is 1.46. The molecule has 0 saturated carbocycles. The fourth-order valence-corrected chi connectivity index (χ4v) is 2.59. The molecular formula is C22H22N2O5. The summed E-state index contributed by atoms with van der Waals surface area (Å²) in [5.74, 6) is 1.54. The summed E-state index contributed by atoms with van der Waals surface area (Å²) in [6.45, 7) is 0.937. The van der Waals surface area contributed by atoms with Crippen LogP contribution in [0.25, 0.3) is 0 Å². The smallest absolute Gasteiger partial charge is 0.251 e. The molecule has 0 aliphatic carbocycles. The molecule has 0 bridgehead atoms. The van der Waals surface area contributed by atoms with Gasteiger partial charge >= 0.3 is 0 Å².